The number of aromatic nitrogens is 2. The van der Waals surface area contributed by atoms with E-state index in [9.17, 15) is 0 Å². The van der Waals surface area contributed by atoms with Crippen molar-refractivity contribution in [3.8, 4) is 0 Å². The molecule has 20 heavy (non-hydrogen) atoms. The van der Waals surface area contributed by atoms with Crippen molar-refractivity contribution in [3.05, 3.63) is 17.2 Å². The van der Waals surface area contributed by atoms with E-state index >= 15 is 0 Å². The van der Waals surface area contributed by atoms with Crippen LogP contribution >= 0.6 is 23.3 Å². The summed E-state index contributed by atoms with van der Waals surface area (Å²) in [6.07, 6.45) is 1.29. The van der Waals surface area contributed by atoms with Gasteiger partial charge in [-0.25, -0.2) is 0 Å². The van der Waals surface area contributed by atoms with Crippen LogP contribution in [0.3, 0.4) is 0 Å². The van der Waals surface area contributed by atoms with Gasteiger partial charge >= 0.3 is 0 Å². The Balaban J connectivity index is 1.84. The minimum atomic E-state index is 0.0882. The molecule has 0 aliphatic heterocycles. The molecular formula is C14H18ClN3OS. The number of rotatable bonds is 4. The Labute approximate surface area is 127 Å². The smallest absolute Gasteiger partial charge is 0.129 e. The number of nitrogens with one attached hydrogen (secondary N) is 1. The van der Waals surface area contributed by atoms with E-state index in [1.165, 1.54) is 11.7 Å². The quantitative estimate of drug-likeness (QED) is 0.928. The summed E-state index contributed by atoms with van der Waals surface area (Å²) in [5, 5.41) is 4.24. The van der Waals surface area contributed by atoms with Crippen LogP contribution in [0.4, 0.5) is 5.69 Å². The first-order valence-corrected chi connectivity index (χ1v) is 7.93. The van der Waals surface area contributed by atoms with Gasteiger partial charge in [0, 0.05) is 18.1 Å². The molecule has 2 aromatic rings. The Morgan fingerprint density at radius 2 is 2.25 bits per heavy atom. The molecule has 1 N–H and O–H groups in total. The van der Waals surface area contributed by atoms with E-state index in [4.69, 9.17) is 16.3 Å². The lowest BCUT2D eigenvalue weighted by molar-refractivity contribution is -0.0975. The van der Waals surface area contributed by atoms with E-state index in [0.717, 1.165) is 29.7 Å². The third-order valence-corrected chi connectivity index (χ3v) is 5.10. The highest BCUT2D eigenvalue weighted by atomic mass is 35.5. The lowest BCUT2D eigenvalue weighted by Gasteiger charge is -2.52. The maximum absolute atomic E-state index is 6.32. The molecule has 1 fully saturated rings. The molecule has 1 aromatic carbocycles. The zero-order valence-electron chi connectivity index (χ0n) is 11.8. The first-order valence-electron chi connectivity index (χ1n) is 6.83. The maximum Gasteiger partial charge on any atom is 0.129 e. The number of benzene rings is 1. The molecule has 0 amide bonds. The van der Waals surface area contributed by atoms with Crippen molar-refractivity contribution in [1.82, 2.24) is 8.75 Å². The maximum atomic E-state index is 6.32. The molecule has 6 heteroatoms. The second-order valence-electron chi connectivity index (χ2n) is 5.75. The second-order valence-corrected chi connectivity index (χ2v) is 6.69. The zero-order valence-corrected chi connectivity index (χ0v) is 13.4. The van der Waals surface area contributed by atoms with Crippen LogP contribution in [0.1, 0.15) is 27.2 Å². The highest BCUT2D eigenvalue weighted by Crippen LogP contribution is 2.45. The van der Waals surface area contributed by atoms with Crippen molar-refractivity contribution >= 4 is 40.0 Å². The molecule has 1 heterocycles. The van der Waals surface area contributed by atoms with E-state index in [0.29, 0.717) is 17.2 Å². The summed E-state index contributed by atoms with van der Waals surface area (Å²) in [6, 6.07) is 4.12. The summed E-state index contributed by atoms with van der Waals surface area (Å²) >= 11 is 7.53. The Morgan fingerprint density at radius 1 is 1.45 bits per heavy atom. The summed E-state index contributed by atoms with van der Waals surface area (Å²) in [5.74, 6) is 0. The lowest BCUT2D eigenvalue weighted by Crippen LogP contribution is -2.58. The highest BCUT2D eigenvalue weighted by molar-refractivity contribution is 7.00. The summed E-state index contributed by atoms with van der Waals surface area (Å²) in [5.41, 5.74) is 2.73. The highest BCUT2D eigenvalue weighted by Gasteiger charge is 2.49. The molecule has 0 saturated heterocycles. The monoisotopic (exact) mass is 311 g/mol. The molecule has 3 rings (SSSR count). The van der Waals surface area contributed by atoms with Gasteiger partial charge in [0.05, 0.1) is 28.5 Å². The Kier molecular flexibility index (Phi) is 3.60. The third-order valence-electron chi connectivity index (χ3n) is 4.24. The van der Waals surface area contributed by atoms with Crippen LogP contribution in [0, 0.1) is 5.41 Å². The molecule has 1 aliphatic carbocycles. The number of nitrogens with zero attached hydrogens (tertiary/aromatic N) is 2. The van der Waals surface area contributed by atoms with Gasteiger partial charge in [0.2, 0.25) is 0 Å². The van der Waals surface area contributed by atoms with Gasteiger partial charge in [-0.2, -0.15) is 8.75 Å². The molecule has 4 nitrogen and oxygen atoms in total. The van der Waals surface area contributed by atoms with Crippen molar-refractivity contribution in [3.63, 3.8) is 0 Å². The molecule has 1 aliphatic rings. The Morgan fingerprint density at radius 3 is 2.95 bits per heavy atom. The van der Waals surface area contributed by atoms with E-state index in [1.807, 2.05) is 19.1 Å². The molecule has 0 radical (unpaired) electrons. The van der Waals surface area contributed by atoms with Gasteiger partial charge in [-0.05, 0) is 25.5 Å². The van der Waals surface area contributed by atoms with Crippen molar-refractivity contribution in [2.45, 2.75) is 39.3 Å². The van der Waals surface area contributed by atoms with Gasteiger partial charge in [0.25, 0.3) is 0 Å². The van der Waals surface area contributed by atoms with Gasteiger partial charge in [-0.15, -0.1) is 0 Å². The van der Waals surface area contributed by atoms with Gasteiger partial charge < -0.3 is 10.1 Å². The third kappa shape index (κ3) is 2.18. The van der Waals surface area contributed by atoms with Crippen LogP contribution < -0.4 is 5.32 Å². The number of anilines is 1. The van der Waals surface area contributed by atoms with Crippen molar-refractivity contribution in [2.24, 2.45) is 5.41 Å². The molecule has 1 saturated carbocycles. The van der Waals surface area contributed by atoms with E-state index in [1.54, 1.807) is 0 Å². The Hall–Kier alpha value is -0.910. The fraction of sp³-hybridized carbons (Fsp3) is 0.571. The van der Waals surface area contributed by atoms with Gasteiger partial charge in [0.15, 0.2) is 0 Å². The number of ether oxygens (including phenoxy) is 1. The van der Waals surface area contributed by atoms with E-state index in [2.05, 4.69) is 27.9 Å². The average Bonchev–Trinajstić information content (AvgIpc) is 2.88. The number of hydrogen-bond acceptors (Lipinski definition) is 5. The lowest BCUT2D eigenvalue weighted by atomic mass is 9.64. The van der Waals surface area contributed by atoms with Crippen LogP contribution in [0.25, 0.3) is 11.0 Å². The predicted molar refractivity (Wildman–Crippen MR) is 83.6 cm³/mol. The fourth-order valence-electron chi connectivity index (χ4n) is 2.75. The van der Waals surface area contributed by atoms with Crippen LogP contribution in [-0.2, 0) is 4.74 Å². The predicted octanol–water partition coefficient (Wildman–Crippen LogP) is 3.96. The van der Waals surface area contributed by atoms with Crippen LogP contribution in [0.2, 0.25) is 5.02 Å². The summed E-state index contributed by atoms with van der Waals surface area (Å²) in [7, 11) is 0. The number of fused-ring (bicyclic) bond motifs is 1. The van der Waals surface area contributed by atoms with Crippen LogP contribution in [0.15, 0.2) is 12.1 Å². The van der Waals surface area contributed by atoms with Crippen molar-refractivity contribution < 1.29 is 4.74 Å². The molecule has 2 unspecified atom stereocenters. The standard InChI is InChI=1S/C14H18ClN3OS/c1-4-19-11-7-10(14(11,2)3)16-12-8(15)5-6-9-13(12)18-20-17-9/h5-6,10-11,16H,4,7H2,1-3H3. The fourth-order valence-corrected chi connectivity index (χ4v) is 3.50. The summed E-state index contributed by atoms with van der Waals surface area (Å²) in [6.45, 7) is 7.24. The zero-order chi connectivity index (χ0) is 14.3. The topological polar surface area (TPSA) is 47.0 Å². The first kappa shape index (κ1) is 14.0. The summed E-state index contributed by atoms with van der Waals surface area (Å²) < 4.78 is 14.4. The van der Waals surface area contributed by atoms with Crippen molar-refractivity contribution in [1.29, 1.82) is 0 Å². The van der Waals surface area contributed by atoms with E-state index < -0.39 is 0 Å². The van der Waals surface area contributed by atoms with Gasteiger partial charge in [0.1, 0.15) is 11.0 Å². The van der Waals surface area contributed by atoms with Crippen LogP contribution in [0.5, 0.6) is 0 Å². The molecular weight excluding hydrogens is 294 g/mol. The van der Waals surface area contributed by atoms with Crippen molar-refractivity contribution in [2.75, 3.05) is 11.9 Å². The number of halogens is 1. The SMILES string of the molecule is CCOC1CC(Nc2c(Cl)ccc3nsnc23)C1(C)C. The van der Waals surface area contributed by atoms with E-state index in [-0.39, 0.29) is 5.41 Å². The normalized spacial score (nSPS) is 24.6. The Bertz CT molecular complexity index is 628. The minimum Gasteiger partial charge on any atom is -0.379 e. The molecule has 0 spiro atoms. The molecule has 0 bridgehead atoms. The number of hydrogen-bond donors (Lipinski definition) is 1. The molecule has 108 valence electrons. The first-order chi connectivity index (χ1) is 9.54. The van der Waals surface area contributed by atoms with Gasteiger partial charge in [-0.1, -0.05) is 25.4 Å². The molecule has 1 aromatic heterocycles. The average molecular weight is 312 g/mol. The van der Waals surface area contributed by atoms with Gasteiger partial charge in [-0.3, -0.25) is 0 Å². The molecule has 2 atom stereocenters. The minimum absolute atomic E-state index is 0.0882. The second kappa shape index (κ2) is 5.13. The summed E-state index contributed by atoms with van der Waals surface area (Å²) in [4.78, 5) is 0. The largest absolute Gasteiger partial charge is 0.379 e. The van der Waals surface area contributed by atoms with Crippen LogP contribution in [-0.4, -0.2) is 27.5 Å².